The van der Waals surface area contributed by atoms with Gasteiger partial charge in [0.2, 0.25) is 0 Å². The lowest BCUT2D eigenvalue weighted by atomic mass is 10.1. The lowest BCUT2D eigenvalue weighted by molar-refractivity contribution is 0.611. The maximum absolute atomic E-state index is 14.3. The monoisotopic (exact) mass is 267 g/mol. The van der Waals surface area contributed by atoms with Gasteiger partial charge in [-0.25, -0.2) is 4.39 Å². The van der Waals surface area contributed by atoms with Crippen LogP contribution >= 0.6 is 0 Å². The Hall–Kier alpha value is -2.49. The van der Waals surface area contributed by atoms with E-state index in [1.807, 2.05) is 36.4 Å². The SMILES string of the molecule is Fc1c(-c2ccccn2)n[nH]c1CCc1ccccc1. The van der Waals surface area contributed by atoms with E-state index < -0.39 is 0 Å². The maximum Gasteiger partial charge on any atom is 0.173 e. The Kier molecular flexibility index (Phi) is 3.54. The van der Waals surface area contributed by atoms with E-state index in [2.05, 4.69) is 15.2 Å². The summed E-state index contributed by atoms with van der Waals surface area (Å²) in [5.41, 5.74) is 2.54. The van der Waals surface area contributed by atoms with E-state index in [-0.39, 0.29) is 11.5 Å². The Morgan fingerprint density at radius 2 is 1.75 bits per heavy atom. The summed E-state index contributed by atoms with van der Waals surface area (Å²) in [5.74, 6) is -0.306. The van der Waals surface area contributed by atoms with Crippen LogP contribution in [0.3, 0.4) is 0 Å². The highest BCUT2D eigenvalue weighted by Crippen LogP contribution is 2.20. The van der Waals surface area contributed by atoms with Crippen molar-refractivity contribution in [2.24, 2.45) is 0 Å². The first-order valence-electron chi connectivity index (χ1n) is 6.52. The second-order valence-electron chi connectivity index (χ2n) is 4.57. The summed E-state index contributed by atoms with van der Waals surface area (Å²) in [5, 5.41) is 6.81. The van der Waals surface area contributed by atoms with Crippen molar-refractivity contribution in [3.63, 3.8) is 0 Å². The van der Waals surface area contributed by atoms with E-state index in [1.54, 1.807) is 18.3 Å². The fraction of sp³-hybridized carbons (Fsp3) is 0.125. The van der Waals surface area contributed by atoms with Crippen LogP contribution < -0.4 is 0 Å². The molecule has 0 bridgehead atoms. The molecule has 0 saturated carbocycles. The average molecular weight is 267 g/mol. The molecule has 0 fully saturated rings. The highest BCUT2D eigenvalue weighted by Gasteiger charge is 2.15. The van der Waals surface area contributed by atoms with Gasteiger partial charge in [0.15, 0.2) is 5.82 Å². The first-order chi connectivity index (χ1) is 9.84. The second-order valence-corrected chi connectivity index (χ2v) is 4.57. The third-order valence-corrected chi connectivity index (χ3v) is 3.19. The second kappa shape index (κ2) is 5.65. The van der Waals surface area contributed by atoms with Crippen LogP contribution in [0.2, 0.25) is 0 Å². The lowest BCUT2D eigenvalue weighted by Crippen LogP contribution is -1.94. The van der Waals surface area contributed by atoms with Gasteiger partial charge in [-0.15, -0.1) is 0 Å². The van der Waals surface area contributed by atoms with Crippen molar-refractivity contribution >= 4 is 0 Å². The number of aromatic amines is 1. The minimum atomic E-state index is -0.306. The zero-order chi connectivity index (χ0) is 13.8. The van der Waals surface area contributed by atoms with Crippen molar-refractivity contribution < 1.29 is 4.39 Å². The van der Waals surface area contributed by atoms with E-state index in [9.17, 15) is 4.39 Å². The number of aryl methyl sites for hydroxylation is 2. The summed E-state index contributed by atoms with van der Waals surface area (Å²) in [7, 11) is 0. The number of benzene rings is 1. The van der Waals surface area contributed by atoms with Crippen molar-refractivity contribution in [1.29, 1.82) is 0 Å². The zero-order valence-corrected chi connectivity index (χ0v) is 10.9. The molecule has 1 N–H and O–H groups in total. The van der Waals surface area contributed by atoms with Crippen molar-refractivity contribution in [2.75, 3.05) is 0 Å². The van der Waals surface area contributed by atoms with Crippen LogP contribution in [0.5, 0.6) is 0 Å². The number of halogens is 1. The van der Waals surface area contributed by atoms with Gasteiger partial charge in [-0.1, -0.05) is 36.4 Å². The van der Waals surface area contributed by atoms with Gasteiger partial charge in [-0.3, -0.25) is 10.1 Å². The van der Waals surface area contributed by atoms with Gasteiger partial charge < -0.3 is 0 Å². The van der Waals surface area contributed by atoms with Crippen LogP contribution in [0.15, 0.2) is 54.7 Å². The van der Waals surface area contributed by atoms with Gasteiger partial charge in [0.25, 0.3) is 0 Å². The molecule has 0 aliphatic carbocycles. The molecule has 3 aromatic rings. The van der Waals surface area contributed by atoms with Gasteiger partial charge in [0.05, 0.1) is 11.4 Å². The molecule has 0 aliphatic heterocycles. The number of hydrogen-bond acceptors (Lipinski definition) is 2. The molecule has 0 radical (unpaired) electrons. The summed E-state index contributed by atoms with van der Waals surface area (Å²) >= 11 is 0. The molecule has 0 spiro atoms. The molecule has 0 unspecified atom stereocenters. The Labute approximate surface area is 116 Å². The van der Waals surface area contributed by atoms with Gasteiger partial charge in [-0.05, 0) is 30.5 Å². The molecule has 3 nitrogen and oxygen atoms in total. The van der Waals surface area contributed by atoms with E-state index in [4.69, 9.17) is 0 Å². The van der Waals surface area contributed by atoms with Gasteiger partial charge in [0, 0.05) is 6.20 Å². The number of aromatic nitrogens is 3. The molecule has 1 aromatic carbocycles. The zero-order valence-electron chi connectivity index (χ0n) is 10.9. The average Bonchev–Trinajstić information content (AvgIpc) is 2.88. The summed E-state index contributed by atoms with van der Waals surface area (Å²) in [6, 6.07) is 15.4. The van der Waals surface area contributed by atoms with Crippen LogP contribution in [0.25, 0.3) is 11.4 Å². The molecule has 4 heteroatoms. The largest absolute Gasteiger partial charge is 0.279 e. The van der Waals surface area contributed by atoms with E-state index in [0.717, 1.165) is 6.42 Å². The fourth-order valence-corrected chi connectivity index (χ4v) is 2.12. The van der Waals surface area contributed by atoms with Crippen molar-refractivity contribution in [2.45, 2.75) is 12.8 Å². The molecule has 0 amide bonds. The van der Waals surface area contributed by atoms with Crippen molar-refractivity contribution in [1.82, 2.24) is 15.2 Å². The van der Waals surface area contributed by atoms with Crippen LogP contribution in [0.1, 0.15) is 11.3 Å². The Morgan fingerprint density at radius 3 is 2.50 bits per heavy atom. The maximum atomic E-state index is 14.3. The molecule has 100 valence electrons. The van der Waals surface area contributed by atoms with E-state index >= 15 is 0 Å². The predicted octanol–water partition coefficient (Wildman–Crippen LogP) is 3.40. The highest BCUT2D eigenvalue weighted by atomic mass is 19.1. The number of H-pyrrole nitrogens is 1. The highest BCUT2D eigenvalue weighted by molar-refractivity contribution is 5.54. The molecule has 0 aliphatic rings. The predicted molar refractivity (Wildman–Crippen MR) is 75.6 cm³/mol. The molecule has 0 atom stereocenters. The van der Waals surface area contributed by atoms with Crippen molar-refractivity contribution in [3.8, 4) is 11.4 Å². The topological polar surface area (TPSA) is 41.6 Å². The third kappa shape index (κ3) is 2.59. The van der Waals surface area contributed by atoms with Crippen LogP contribution in [0.4, 0.5) is 4.39 Å². The minimum Gasteiger partial charge on any atom is -0.279 e. The Bertz CT molecular complexity index is 677. The molecular weight excluding hydrogens is 253 g/mol. The molecule has 3 rings (SSSR count). The minimum absolute atomic E-state index is 0.286. The van der Waals surface area contributed by atoms with Crippen LogP contribution in [-0.2, 0) is 12.8 Å². The lowest BCUT2D eigenvalue weighted by Gasteiger charge is -1.99. The van der Waals surface area contributed by atoms with Gasteiger partial charge in [-0.2, -0.15) is 5.10 Å². The molecule has 2 aromatic heterocycles. The summed E-state index contributed by atoms with van der Waals surface area (Å²) in [6.45, 7) is 0. The quantitative estimate of drug-likeness (QED) is 0.787. The molecule has 20 heavy (non-hydrogen) atoms. The first kappa shape index (κ1) is 12.5. The van der Waals surface area contributed by atoms with Crippen LogP contribution in [-0.4, -0.2) is 15.2 Å². The number of pyridine rings is 1. The third-order valence-electron chi connectivity index (χ3n) is 3.19. The van der Waals surface area contributed by atoms with E-state index in [0.29, 0.717) is 17.8 Å². The Morgan fingerprint density at radius 1 is 0.950 bits per heavy atom. The fourth-order valence-electron chi connectivity index (χ4n) is 2.12. The van der Waals surface area contributed by atoms with Crippen LogP contribution in [0, 0.1) is 5.82 Å². The summed E-state index contributed by atoms with van der Waals surface area (Å²) in [6.07, 6.45) is 3.00. The number of hydrogen-bond donors (Lipinski definition) is 1. The van der Waals surface area contributed by atoms with Gasteiger partial charge >= 0.3 is 0 Å². The normalized spacial score (nSPS) is 10.7. The molecular formula is C16H14FN3. The standard InChI is InChI=1S/C16H14FN3/c17-15-13(10-9-12-6-2-1-3-7-12)19-20-16(15)14-8-4-5-11-18-14/h1-8,11H,9-10H2,(H,19,20). The Balaban J connectivity index is 1.78. The number of nitrogens with one attached hydrogen (secondary N) is 1. The number of nitrogens with zero attached hydrogens (tertiary/aromatic N) is 2. The van der Waals surface area contributed by atoms with E-state index in [1.165, 1.54) is 5.56 Å². The summed E-state index contributed by atoms with van der Waals surface area (Å²) < 4.78 is 14.3. The number of rotatable bonds is 4. The molecule has 2 heterocycles. The summed E-state index contributed by atoms with van der Waals surface area (Å²) in [4.78, 5) is 4.12. The van der Waals surface area contributed by atoms with Gasteiger partial charge in [0.1, 0.15) is 5.69 Å². The van der Waals surface area contributed by atoms with Crippen molar-refractivity contribution in [3.05, 3.63) is 71.8 Å². The smallest absolute Gasteiger partial charge is 0.173 e. The molecule has 0 saturated heterocycles. The first-order valence-corrected chi connectivity index (χ1v) is 6.52.